The molecule has 0 saturated heterocycles. The Morgan fingerprint density at radius 1 is 1.53 bits per heavy atom. The number of hydrogen-bond acceptors (Lipinski definition) is 5. The Bertz CT molecular complexity index is 525. The van der Waals surface area contributed by atoms with Crippen LogP contribution in [-0.2, 0) is 11.3 Å². The van der Waals surface area contributed by atoms with E-state index in [2.05, 4.69) is 31.5 Å². The van der Waals surface area contributed by atoms with E-state index in [1.165, 1.54) is 11.3 Å². The third kappa shape index (κ3) is 3.10. The lowest BCUT2D eigenvalue weighted by molar-refractivity contribution is -0.137. The molecule has 2 aromatic heterocycles. The number of halogens is 1. The molecule has 2 aromatic rings. The van der Waals surface area contributed by atoms with Gasteiger partial charge in [0.1, 0.15) is 0 Å². The van der Waals surface area contributed by atoms with Gasteiger partial charge < -0.3 is 5.11 Å². The highest BCUT2D eigenvalue weighted by Gasteiger charge is 2.11. The zero-order chi connectivity index (χ0) is 12.3. The topological polar surface area (TPSA) is 80.9 Å². The van der Waals surface area contributed by atoms with Gasteiger partial charge in [-0.1, -0.05) is 0 Å². The average Bonchev–Trinajstić information content (AvgIpc) is 2.86. The van der Waals surface area contributed by atoms with Crippen LogP contribution in [0.2, 0.25) is 0 Å². The van der Waals surface area contributed by atoms with E-state index in [0.717, 1.165) is 8.66 Å². The molecule has 0 atom stereocenters. The summed E-state index contributed by atoms with van der Waals surface area (Å²) >= 11 is 4.91. The zero-order valence-corrected chi connectivity index (χ0v) is 11.1. The molecule has 0 aliphatic heterocycles. The van der Waals surface area contributed by atoms with Crippen LogP contribution in [0.25, 0.3) is 10.7 Å². The predicted octanol–water partition coefficient (Wildman–Crippen LogP) is 2.03. The molecule has 0 radical (unpaired) electrons. The quantitative estimate of drug-likeness (QED) is 0.912. The van der Waals surface area contributed by atoms with E-state index in [-0.39, 0.29) is 6.42 Å². The minimum absolute atomic E-state index is 0.118. The van der Waals surface area contributed by atoms with Crippen LogP contribution in [0.4, 0.5) is 0 Å². The van der Waals surface area contributed by atoms with Gasteiger partial charge in [-0.05, 0) is 44.9 Å². The van der Waals surface area contributed by atoms with Crippen LogP contribution in [0.1, 0.15) is 12.8 Å². The fourth-order valence-electron chi connectivity index (χ4n) is 1.35. The Hall–Kier alpha value is -1.28. The number of rotatable bonds is 5. The maximum absolute atomic E-state index is 10.4. The van der Waals surface area contributed by atoms with Gasteiger partial charge in [0.15, 0.2) is 5.82 Å². The Morgan fingerprint density at radius 3 is 3.00 bits per heavy atom. The maximum Gasteiger partial charge on any atom is 0.303 e. The molecule has 8 heteroatoms. The van der Waals surface area contributed by atoms with Gasteiger partial charge in [-0.2, -0.15) is 0 Å². The second-order valence-corrected chi connectivity index (χ2v) is 5.79. The molecule has 0 aliphatic rings. The Morgan fingerprint density at radius 2 is 2.35 bits per heavy atom. The number of carboxylic acid groups (broad SMARTS) is 1. The molecular formula is C9H9BrN4O2S. The van der Waals surface area contributed by atoms with Crippen LogP contribution in [0.3, 0.4) is 0 Å². The minimum Gasteiger partial charge on any atom is -0.481 e. The van der Waals surface area contributed by atoms with Crippen molar-refractivity contribution < 1.29 is 9.90 Å². The molecule has 2 rings (SSSR count). The van der Waals surface area contributed by atoms with Crippen molar-refractivity contribution in [2.45, 2.75) is 19.4 Å². The van der Waals surface area contributed by atoms with Gasteiger partial charge in [0.05, 0.1) is 8.66 Å². The zero-order valence-electron chi connectivity index (χ0n) is 8.71. The predicted molar refractivity (Wildman–Crippen MR) is 65.7 cm³/mol. The molecule has 0 aromatic carbocycles. The van der Waals surface area contributed by atoms with Crippen molar-refractivity contribution in [1.82, 2.24) is 20.2 Å². The third-order valence-electron chi connectivity index (χ3n) is 2.09. The summed E-state index contributed by atoms with van der Waals surface area (Å²) in [5, 5.41) is 20.0. The summed E-state index contributed by atoms with van der Waals surface area (Å²) in [4.78, 5) is 11.4. The normalized spacial score (nSPS) is 10.6. The summed E-state index contributed by atoms with van der Waals surface area (Å²) in [7, 11) is 0. The van der Waals surface area contributed by atoms with Crippen molar-refractivity contribution in [3.8, 4) is 10.7 Å². The Kier molecular flexibility index (Phi) is 3.85. The smallest absolute Gasteiger partial charge is 0.303 e. The van der Waals surface area contributed by atoms with E-state index < -0.39 is 5.97 Å². The molecule has 6 nitrogen and oxygen atoms in total. The molecule has 0 unspecified atom stereocenters. The van der Waals surface area contributed by atoms with E-state index >= 15 is 0 Å². The van der Waals surface area contributed by atoms with Crippen LogP contribution in [0.15, 0.2) is 15.9 Å². The molecule has 1 N–H and O–H groups in total. The lowest BCUT2D eigenvalue weighted by Gasteiger charge is -2.00. The van der Waals surface area contributed by atoms with E-state index in [9.17, 15) is 4.79 Å². The van der Waals surface area contributed by atoms with Crippen molar-refractivity contribution in [3.63, 3.8) is 0 Å². The second kappa shape index (κ2) is 5.37. The van der Waals surface area contributed by atoms with E-state index in [1.54, 1.807) is 4.68 Å². The molecule has 0 aliphatic carbocycles. The SMILES string of the molecule is O=C(O)CCCn1nnnc1-c1ccc(Br)s1. The third-order valence-corrected chi connectivity index (χ3v) is 3.71. The number of hydrogen-bond donors (Lipinski definition) is 1. The number of tetrazole rings is 1. The largest absolute Gasteiger partial charge is 0.481 e. The first-order chi connectivity index (χ1) is 8.16. The summed E-state index contributed by atoms with van der Waals surface area (Å²) in [5.74, 6) is -0.135. The van der Waals surface area contributed by atoms with Gasteiger partial charge in [-0.25, -0.2) is 4.68 Å². The monoisotopic (exact) mass is 316 g/mol. The van der Waals surface area contributed by atoms with Crippen LogP contribution in [0, 0.1) is 0 Å². The second-order valence-electron chi connectivity index (χ2n) is 3.33. The fourth-order valence-corrected chi connectivity index (χ4v) is 2.72. The number of aliphatic carboxylic acids is 1. The Balaban J connectivity index is 2.09. The fraction of sp³-hybridized carbons (Fsp3) is 0.333. The van der Waals surface area contributed by atoms with Crippen LogP contribution >= 0.6 is 27.3 Å². The first-order valence-electron chi connectivity index (χ1n) is 4.90. The summed E-state index contributed by atoms with van der Waals surface area (Å²) in [6.45, 7) is 0.504. The highest BCUT2D eigenvalue weighted by atomic mass is 79.9. The van der Waals surface area contributed by atoms with E-state index in [4.69, 9.17) is 5.11 Å². The van der Waals surface area contributed by atoms with Crippen molar-refractivity contribution in [2.75, 3.05) is 0 Å². The average molecular weight is 317 g/mol. The summed E-state index contributed by atoms with van der Waals surface area (Å²) in [6.07, 6.45) is 0.632. The van der Waals surface area contributed by atoms with Crippen molar-refractivity contribution in [2.24, 2.45) is 0 Å². The lowest BCUT2D eigenvalue weighted by atomic mass is 10.3. The molecule has 0 bridgehead atoms. The Labute approximate surface area is 109 Å². The van der Waals surface area contributed by atoms with Gasteiger partial charge in [0.25, 0.3) is 0 Å². The molecule has 0 spiro atoms. The van der Waals surface area contributed by atoms with Gasteiger partial charge >= 0.3 is 5.97 Å². The molecule has 0 saturated carbocycles. The first-order valence-corrected chi connectivity index (χ1v) is 6.51. The molecule has 0 fully saturated rings. The number of carboxylic acids is 1. The summed E-state index contributed by atoms with van der Waals surface area (Å²) in [5.41, 5.74) is 0. The van der Waals surface area contributed by atoms with E-state index in [1.807, 2.05) is 12.1 Å². The molecular weight excluding hydrogens is 308 g/mol. The highest BCUT2D eigenvalue weighted by molar-refractivity contribution is 9.11. The number of aryl methyl sites for hydroxylation is 1. The highest BCUT2D eigenvalue weighted by Crippen LogP contribution is 2.29. The molecule has 17 heavy (non-hydrogen) atoms. The number of carbonyl (C=O) groups is 1. The van der Waals surface area contributed by atoms with Crippen LogP contribution < -0.4 is 0 Å². The van der Waals surface area contributed by atoms with Gasteiger partial charge in [0.2, 0.25) is 0 Å². The summed E-state index contributed by atoms with van der Waals surface area (Å²) in [6, 6.07) is 3.85. The number of thiophene rings is 1. The summed E-state index contributed by atoms with van der Waals surface area (Å²) < 4.78 is 2.63. The van der Waals surface area contributed by atoms with Gasteiger partial charge in [-0.3, -0.25) is 4.79 Å². The molecule has 0 amide bonds. The molecule has 90 valence electrons. The van der Waals surface area contributed by atoms with Crippen molar-refractivity contribution in [3.05, 3.63) is 15.9 Å². The minimum atomic E-state index is -0.807. The van der Waals surface area contributed by atoms with Gasteiger partial charge in [-0.15, -0.1) is 16.4 Å². The van der Waals surface area contributed by atoms with Crippen LogP contribution in [0.5, 0.6) is 0 Å². The maximum atomic E-state index is 10.4. The van der Waals surface area contributed by atoms with Crippen molar-refractivity contribution in [1.29, 1.82) is 0 Å². The standard InChI is InChI=1S/C9H9BrN4O2S/c10-7-4-3-6(17-7)9-11-12-13-14(9)5-1-2-8(15)16/h3-4H,1-2,5H2,(H,15,16). The number of nitrogens with zero attached hydrogens (tertiary/aromatic N) is 4. The number of aromatic nitrogens is 4. The van der Waals surface area contributed by atoms with Gasteiger partial charge in [0, 0.05) is 13.0 Å². The van der Waals surface area contributed by atoms with Crippen LogP contribution in [-0.4, -0.2) is 31.3 Å². The molecule has 2 heterocycles. The van der Waals surface area contributed by atoms with E-state index in [0.29, 0.717) is 18.8 Å². The first kappa shape index (κ1) is 12.2. The lowest BCUT2D eigenvalue weighted by Crippen LogP contribution is -2.05. The van der Waals surface area contributed by atoms with Crippen molar-refractivity contribution >= 4 is 33.2 Å².